The van der Waals surface area contributed by atoms with Crippen LogP contribution in [0.1, 0.15) is 22.7 Å². The number of aliphatic hydroxyl groups is 1. The van der Waals surface area contributed by atoms with E-state index in [2.05, 4.69) is 4.98 Å². The predicted octanol–water partition coefficient (Wildman–Crippen LogP) is 3.73. The highest BCUT2D eigenvalue weighted by Gasteiger charge is 2.46. The second-order valence-electron chi connectivity index (χ2n) is 7.63. The maximum Gasteiger partial charge on any atom is 0.295 e. The summed E-state index contributed by atoms with van der Waals surface area (Å²) >= 11 is 0. The highest BCUT2D eigenvalue weighted by Crippen LogP contribution is 2.42. The number of aliphatic hydroxyl groups excluding tert-OH is 1. The molecule has 1 saturated heterocycles. The van der Waals surface area contributed by atoms with E-state index in [1.54, 1.807) is 60.9 Å². The Morgan fingerprint density at radius 1 is 0.971 bits per heavy atom. The van der Waals surface area contributed by atoms with Gasteiger partial charge >= 0.3 is 0 Å². The van der Waals surface area contributed by atoms with Crippen molar-refractivity contribution in [3.8, 4) is 17.2 Å². The molecule has 1 unspecified atom stereocenters. The first-order valence-corrected chi connectivity index (χ1v) is 10.5. The first-order valence-electron chi connectivity index (χ1n) is 10.5. The molecular formula is C26H24N2O6. The third kappa shape index (κ3) is 4.17. The van der Waals surface area contributed by atoms with Crippen molar-refractivity contribution in [1.29, 1.82) is 0 Å². The lowest BCUT2D eigenvalue weighted by Crippen LogP contribution is -2.29. The number of aromatic nitrogens is 1. The first kappa shape index (κ1) is 22.8. The standard InChI is InChI=1S/C26H24N2O6/c1-32-19-9-6-17(7-10-19)24(29)22-23(18-8-11-20(33-2)21(13-18)34-3)28(26(31)25(22)30)15-16-5-4-12-27-14-16/h4-14,23,29H,15H2,1-3H3/b24-22+. The van der Waals surface area contributed by atoms with Crippen LogP contribution in [-0.4, -0.2) is 48.0 Å². The summed E-state index contributed by atoms with van der Waals surface area (Å²) in [4.78, 5) is 31.9. The molecule has 1 N–H and O–H groups in total. The van der Waals surface area contributed by atoms with Crippen LogP contribution in [0.2, 0.25) is 0 Å². The summed E-state index contributed by atoms with van der Waals surface area (Å²) in [6, 6.07) is 14.5. The van der Waals surface area contributed by atoms with E-state index in [1.165, 1.54) is 26.2 Å². The Hall–Kier alpha value is -4.33. The Balaban J connectivity index is 1.87. The molecule has 1 fully saturated rings. The molecule has 0 bridgehead atoms. The fraction of sp³-hybridized carbons (Fsp3) is 0.192. The smallest absolute Gasteiger partial charge is 0.295 e. The van der Waals surface area contributed by atoms with E-state index in [9.17, 15) is 14.7 Å². The minimum Gasteiger partial charge on any atom is -0.507 e. The zero-order valence-electron chi connectivity index (χ0n) is 19.0. The summed E-state index contributed by atoms with van der Waals surface area (Å²) < 4.78 is 15.9. The van der Waals surface area contributed by atoms with Crippen LogP contribution in [0.15, 0.2) is 72.6 Å². The molecule has 0 spiro atoms. The van der Waals surface area contributed by atoms with E-state index in [0.717, 1.165) is 5.56 Å². The summed E-state index contributed by atoms with van der Waals surface area (Å²) in [5.41, 5.74) is 1.73. The number of carbonyl (C=O) groups is 2. The van der Waals surface area contributed by atoms with Crippen LogP contribution in [0, 0.1) is 0 Å². The molecule has 0 radical (unpaired) electrons. The molecule has 1 aromatic heterocycles. The number of ether oxygens (including phenoxy) is 3. The second kappa shape index (κ2) is 9.66. The van der Waals surface area contributed by atoms with Gasteiger partial charge in [-0.2, -0.15) is 0 Å². The zero-order chi connectivity index (χ0) is 24.2. The van der Waals surface area contributed by atoms with Gasteiger partial charge in [-0.1, -0.05) is 12.1 Å². The van der Waals surface area contributed by atoms with Crippen molar-refractivity contribution in [2.24, 2.45) is 0 Å². The number of pyridine rings is 1. The topological polar surface area (TPSA) is 98.2 Å². The van der Waals surface area contributed by atoms with Crippen molar-refractivity contribution in [3.05, 3.63) is 89.3 Å². The quantitative estimate of drug-likeness (QED) is 0.326. The third-order valence-corrected chi connectivity index (χ3v) is 5.70. The number of carbonyl (C=O) groups excluding carboxylic acids is 2. The summed E-state index contributed by atoms with van der Waals surface area (Å²) in [5, 5.41) is 11.2. The minimum atomic E-state index is -0.845. The van der Waals surface area contributed by atoms with Gasteiger partial charge in [-0.3, -0.25) is 14.6 Å². The second-order valence-corrected chi connectivity index (χ2v) is 7.63. The molecule has 1 aliphatic heterocycles. The number of rotatable bonds is 7. The average Bonchev–Trinajstić information content (AvgIpc) is 3.13. The van der Waals surface area contributed by atoms with Crippen LogP contribution in [0.4, 0.5) is 0 Å². The van der Waals surface area contributed by atoms with E-state index in [4.69, 9.17) is 14.2 Å². The molecular weight excluding hydrogens is 436 g/mol. The molecule has 0 aliphatic carbocycles. The van der Waals surface area contributed by atoms with Crippen LogP contribution in [0.3, 0.4) is 0 Å². The van der Waals surface area contributed by atoms with Gasteiger partial charge in [0.2, 0.25) is 0 Å². The Bertz CT molecular complexity index is 1240. The molecule has 34 heavy (non-hydrogen) atoms. The van der Waals surface area contributed by atoms with Crippen LogP contribution in [0.25, 0.3) is 5.76 Å². The maximum atomic E-state index is 13.2. The van der Waals surface area contributed by atoms with Crippen molar-refractivity contribution in [2.75, 3.05) is 21.3 Å². The molecule has 8 heteroatoms. The lowest BCUT2D eigenvalue weighted by Gasteiger charge is -2.26. The Labute approximate surface area is 197 Å². The molecule has 2 heterocycles. The lowest BCUT2D eigenvalue weighted by atomic mass is 9.94. The molecule has 1 amide bonds. The van der Waals surface area contributed by atoms with Crippen molar-refractivity contribution in [1.82, 2.24) is 9.88 Å². The molecule has 4 rings (SSSR count). The Morgan fingerprint density at radius 3 is 2.32 bits per heavy atom. The average molecular weight is 460 g/mol. The zero-order valence-corrected chi connectivity index (χ0v) is 19.0. The van der Waals surface area contributed by atoms with E-state index in [1.807, 2.05) is 6.07 Å². The van der Waals surface area contributed by atoms with Crippen LogP contribution in [0.5, 0.6) is 17.2 Å². The number of benzene rings is 2. The predicted molar refractivity (Wildman–Crippen MR) is 125 cm³/mol. The van der Waals surface area contributed by atoms with E-state index in [-0.39, 0.29) is 17.9 Å². The number of hydrogen-bond donors (Lipinski definition) is 1. The van der Waals surface area contributed by atoms with Gasteiger partial charge in [0.15, 0.2) is 11.5 Å². The summed E-state index contributed by atoms with van der Waals surface area (Å²) in [5.74, 6) is -0.197. The molecule has 0 saturated carbocycles. The highest BCUT2D eigenvalue weighted by atomic mass is 16.5. The van der Waals surface area contributed by atoms with Crippen molar-refractivity contribution in [3.63, 3.8) is 0 Å². The molecule has 2 aromatic carbocycles. The number of Topliss-reactive ketones (excluding diaryl/α,β-unsaturated/α-hetero) is 1. The summed E-state index contributed by atoms with van der Waals surface area (Å²) in [6.45, 7) is 0.136. The molecule has 1 aliphatic rings. The molecule has 3 aromatic rings. The minimum absolute atomic E-state index is 0.00808. The normalized spacial score (nSPS) is 17.0. The fourth-order valence-electron chi connectivity index (χ4n) is 4.01. The van der Waals surface area contributed by atoms with E-state index < -0.39 is 17.7 Å². The SMILES string of the molecule is COc1ccc(/C(O)=C2\C(=O)C(=O)N(Cc3cccnc3)C2c2ccc(OC)c(OC)c2)cc1. The van der Waals surface area contributed by atoms with Crippen LogP contribution >= 0.6 is 0 Å². The monoisotopic (exact) mass is 460 g/mol. The third-order valence-electron chi connectivity index (χ3n) is 5.70. The number of methoxy groups -OCH3 is 3. The number of nitrogens with zero attached hydrogens (tertiary/aromatic N) is 2. The summed E-state index contributed by atoms with van der Waals surface area (Å²) in [6.07, 6.45) is 3.27. The van der Waals surface area contributed by atoms with E-state index in [0.29, 0.717) is 28.4 Å². The summed E-state index contributed by atoms with van der Waals surface area (Å²) in [7, 11) is 4.57. The van der Waals surface area contributed by atoms with Gasteiger partial charge in [0.05, 0.1) is 32.9 Å². The van der Waals surface area contributed by atoms with Crippen LogP contribution < -0.4 is 14.2 Å². The largest absolute Gasteiger partial charge is 0.507 e. The van der Waals surface area contributed by atoms with Gasteiger partial charge < -0.3 is 24.2 Å². The first-order chi connectivity index (χ1) is 16.5. The van der Waals surface area contributed by atoms with Gasteiger partial charge in [-0.15, -0.1) is 0 Å². The van der Waals surface area contributed by atoms with Gasteiger partial charge in [-0.05, 0) is 53.6 Å². The van der Waals surface area contributed by atoms with Crippen molar-refractivity contribution < 1.29 is 28.9 Å². The Kier molecular flexibility index (Phi) is 6.49. The fourth-order valence-corrected chi connectivity index (χ4v) is 4.01. The number of amides is 1. The maximum absolute atomic E-state index is 13.2. The molecule has 174 valence electrons. The molecule has 8 nitrogen and oxygen atoms in total. The van der Waals surface area contributed by atoms with Gasteiger partial charge in [0.1, 0.15) is 11.5 Å². The van der Waals surface area contributed by atoms with Gasteiger partial charge in [-0.25, -0.2) is 0 Å². The number of likely N-dealkylation sites (tertiary alicyclic amines) is 1. The van der Waals surface area contributed by atoms with Crippen molar-refractivity contribution >= 4 is 17.4 Å². The number of ketones is 1. The van der Waals surface area contributed by atoms with Crippen molar-refractivity contribution in [2.45, 2.75) is 12.6 Å². The highest BCUT2D eigenvalue weighted by molar-refractivity contribution is 6.46. The van der Waals surface area contributed by atoms with Gasteiger partial charge in [0.25, 0.3) is 11.7 Å². The van der Waals surface area contributed by atoms with E-state index >= 15 is 0 Å². The number of hydrogen-bond acceptors (Lipinski definition) is 7. The Morgan fingerprint density at radius 2 is 1.71 bits per heavy atom. The van der Waals surface area contributed by atoms with Gasteiger partial charge in [0, 0.05) is 24.5 Å². The molecule has 1 atom stereocenters. The van der Waals surface area contributed by atoms with Crippen LogP contribution in [-0.2, 0) is 16.1 Å². The lowest BCUT2D eigenvalue weighted by molar-refractivity contribution is -0.140.